The maximum absolute atomic E-state index is 13.6. The van der Waals surface area contributed by atoms with Crippen LogP contribution in [0.25, 0.3) is 10.4 Å². The number of ether oxygens (including phenoxy) is 3. The van der Waals surface area contributed by atoms with Crippen LogP contribution in [0.4, 0.5) is 0 Å². The molecular weight excluding hydrogens is 424 g/mol. The Hall–Kier alpha value is -3.06. The number of carbonyl (C=O) groups is 1. The van der Waals surface area contributed by atoms with E-state index >= 15 is 0 Å². The van der Waals surface area contributed by atoms with Gasteiger partial charge in [-0.05, 0) is 60.6 Å². The highest BCUT2D eigenvalue weighted by Gasteiger charge is 2.29. The van der Waals surface area contributed by atoms with E-state index in [9.17, 15) is 4.79 Å². The minimum Gasteiger partial charge on any atom is -0.497 e. The average molecular weight is 453 g/mol. The lowest BCUT2D eigenvalue weighted by molar-refractivity contribution is 0.0745. The molecule has 32 heavy (non-hydrogen) atoms. The number of carbonyl (C=O) groups excluding carboxylic acids is 1. The number of amides is 1. The van der Waals surface area contributed by atoms with Crippen LogP contribution in [0.1, 0.15) is 28.9 Å². The van der Waals surface area contributed by atoms with Gasteiger partial charge < -0.3 is 19.1 Å². The molecule has 168 valence electrons. The number of methoxy groups -OCH3 is 3. The molecule has 3 aromatic rings. The summed E-state index contributed by atoms with van der Waals surface area (Å²) in [4.78, 5) is 20.8. The largest absolute Gasteiger partial charge is 0.497 e. The summed E-state index contributed by atoms with van der Waals surface area (Å²) in [6.45, 7) is 1.39. The first-order chi connectivity index (χ1) is 15.6. The van der Waals surface area contributed by atoms with Gasteiger partial charge in [-0.2, -0.15) is 0 Å². The zero-order valence-electron chi connectivity index (χ0n) is 18.7. The van der Waals surface area contributed by atoms with Gasteiger partial charge >= 0.3 is 0 Å². The maximum atomic E-state index is 13.6. The van der Waals surface area contributed by atoms with E-state index in [2.05, 4.69) is 4.98 Å². The van der Waals surface area contributed by atoms with E-state index in [-0.39, 0.29) is 5.91 Å². The molecular formula is C25H28N2O4S. The van der Waals surface area contributed by atoms with Crippen molar-refractivity contribution in [2.45, 2.75) is 19.3 Å². The van der Waals surface area contributed by atoms with Crippen molar-refractivity contribution >= 4 is 17.2 Å². The van der Waals surface area contributed by atoms with Crippen molar-refractivity contribution in [1.82, 2.24) is 9.88 Å². The van der Waals surface area contributed by atoms with Crippen molar-refractivity contribution in [1.29, 1.82) is 0 Å². The molecule has 1 saturated carbocycles. The topological polar surface area (TPSA) is 60.9 Å². The third kappa shape index (κ3) is 5.05. The van der Waals surface area contributed by atoms with E-state index in [1.165, 1.54) is 24.2 Å². The monoisotopic (exact) mass is 452 g/mol. The van der Waals surface area contributed by atoms with Crippen LogP contribution < -0.4 is 14.2 Å². The molecule has 1 fully saturated rings. The number of hydrogen-bond donors (Lipinski definition) is 0. The van der Waals surface area contributed by atoms with Gasteiger partial charge in [0, 0.05) is 13.1 Å². The summed E-state index contributed by atoms with van der Waals surface area (Å²) in [7, 11) is 4.90. The molecule has 2 aromatic carbocycles. The van der Waals surface area contributed by atoms with Gasteiger partial charge in [-0.25, -0.2) is 4.98 Å². The van der Waals surface area contributed by atoms with Gasteiger partial charge in [-0.3, -0.25) is 4.79 Å². The summed E-state index contributed by atoms with van der Waals surface area (Å²) in [6, 6.07) is 13.7. The Morgan fingerprint density at radius 3 is 2.59 bits per heavy atom. The Labute approximate surface area is 192 Å². The molecule has 1 aromatic heterocycles. The van der Waals surface area contributed by atoms with E-state index in [1.54, 1.807) is 26.8 Å². The Kier molecular flexibility index (Phi) is 6.95. The van der Waals surface area contributed by atoms with Crippen LogP contribution in [0.2, 0.25) is 0 Å². The van der Waals surface area contributed by atoms with Crippen molar-refractivity contribution in [2.75, 3.05) is 34.4 Å². The molecule has 1 aliphatic carbocycles. The molecule has 1 heterocycles. The standard InChI is InChI=1S/C25H28N2O4S/c1-29-20-6-4-5-19(14-20)24-23(26-16-32-24)25(28)27(15-18-7-8-18)12-11-17-9-10-21(30-2)22(13-17)31-3/h4-6,9-10,13-14,16,18H,7-8,11-12,15H2,1-3H3. The van der Waals surface area contributed by atoms with Crippen LogP contribution in [0.5, 0.6) is 17.2 Å². The molecule has 6 nitrogen and oxygen atoms in total. The second-order valence-corrected chi connectivity index (χ2v) is 8.75. The Bertz CT molecular complexity index is 1080. The molecule has 0 unspecified atom stereocenters. The number of nitrogens with zero attached hydrogens (tertiary/aromatic N) is 2. The molecule has 0 bridgehead atoms. The van der Waals surface area contributed by atoms with Gasteiger partial charge in [0.05, 0.1) is 31.7 Å². The number of benzene rings is 2. The molecule has 4 rings (SSSR count). The van der Waals surface area contributed by atoms with Crippen molar-refractivity contribution in [3.63, 3.8) is 0 Å². The maximum Gasteiger partial charge on any atom is 0.273 e. The zero-order valence-corrected chi connectivity index (χ0v) is 19.5. The van der Waals surface area contributed by atoms with Gasteiger partial charge in [0.1, 0.15) is 11.4 Å². The first kappa shape index (κ1) is 22.1. The minimum atomic E-state index is -0.0172. The van der Waals surface area contributed by atoms with Crippen LogP contribution in [-0.4, -0.2) is 50.2 Å². The summed E-state index contributed by atoms with van der Waals surface area (Å²) in [6.07, 6.45) is 3.09. The molecule has 0 atom stereocenters. The van der Waals surface area contributed by atoms with Crippen LogP contribution >= 0.6 is 11.3 Å². The minimum absolute atomic E-state index is 0.0172. The van der Waals surface area contributed by atoms with Gasteiger partial charge in [0.25, 0.3) is 5.91 Å². The molecule has 0 aliphatic heterocycles. The number of rotatable bonds is 10. The van der Waals surface area contributed by atoms with Crippen molar-refractivity contribution < 1.29 is 19.0 Å². The predicted molar refractivity (Wildman–Crippen MR) is 126 cm³/mol. The lowest BCUT2D eigenvalue weighted by Gasteiger charge is -2.23. The molecule has 0 N–H and O–H groups in total. The fraction of sp³-hybridized carbons (Fsp3) is 0.360. The van der Waals surface area contributed by atoms with E-state index in [0.29, 0.717) is 29.7 Å². The molecule has 7 heteroatoms. The van der Waals surface area contributed by atoms with Gasteiger partial charge in [0.2, 0.25) is 0 Å². The van der Waals surface area contributed by atoms with Crippen molar-refractivity contribution in [2.24, 2.45) is 5.92 Å². The van der Waals surface area contributed by atoms with Crippen LogP contribution in [-0.2, 0) is 6.42 Å². The number of hydrogen-bond acceptors (Lipinski definition) is 6. The number of aromatic nitrogens is 1. The third-order valence-electron chi connectivity index (χ3n) is 5.68. The molecule has 1 amide bonds. The summed E-state index contributed by atoms with van der Waals surface area (Å²) < 4.78 is 16.1. The van der Waals surface area contributed by atoms with Gasteiger partial charge in [0.15, 0.2) is 11.5 Å². The summed E-state index contributed by atoms with van der Waals surface area (Å²) >= 11 is 1.48. The normalized spacial score (nSPS) is 13.0. The lowest BCUT2D eigenvalue weighted by atomic mass is 10.1. The van der Waals surface area contributed by atoms with Crippen molar-refractivity contribution in [3.05, 3.63) is 59.2 Å². The fourth-order valence-corrected chi connectivity index (χ4v) is 4.48. The van der Waals surface area contributed by atoms with Crippen molar-refractivity contribution in [3.8, 4) is 27.7 Å². The van der Waals surface area contributed by atoms with Gasteiger partial charge in [-0.15, -0.1) is 11.3 Å². The zero-order chi connectivity index (χ0) is 22.5. The third-order valence-corrected chi connectivity index (χ3v) is 6.56. The second-order valence-electron chi connectivity index (χ2n) is 7.90. The first-order valence-electron chi connectivity index (χ1n) is 10.7. The Morgan fingerprint density at radius 1 is 1.06 bits per heavy atom. The Morgan fingerprint density at radius 2 is 1.88 bits per heavy atom. The first-order valence-corrected chi connectivity index (χ1v) is 11.6. The summed E-state index contributed by atoms with van der Waals surface area (Å²) in [5.41, 5.74) is 4.30. The molecule has 0 spiro atoms. The van der Waals surface area contributed by atoms with Crippen LogP contribution in [0.3, 0.4) is 0 Å². The number of thiazole rings is 1. The fourth-order valence-electron chi connectivity index (χ4n) is 3.71. The highest BCUT2D eigenvalue weighted by atomic mass is 32.1. The smallest absolute Gasteiger partial charge is 0.273 e. The SMILES string of the molecule is COc1cccc(-c2scnc2C(=O)N(CCc2ccc(OC)c(OC)c2)CC2CC2)c1. The quantitative estimate of drug-likeness (QED) is 0.436. The molecule has 1 aliphatic rings. The molecule has 0 saturated heterocycles. The lowest BCUT2D eigenvalue weighted by Crippen LogP contribution is -2.35. The van der Waals surface area contributed by atoms with Crippen LogP contribution in [0, 0.1) is 5.92 Å². The van der Waals surface area contributed by atoms with E-state index in [1.807, 2.05) is 47.4 Å². The van der Waals surface area contributed by atoms with Gasteiger partial charge in [-0.1, -0.05) is 18.2 Å². The highest BCUT2D eigenvalue weighted by Crippen LogP contribution is 2.34. The highest BCUT2D eigenvalue weighted by molar-refractivity contribution is 7.13. The van der Waals surface area contributed by atoms with E-state index < -0.39 is 0 Å². The Balaban J connectivity index is 1.54. The van der Waals surface area contributed by atoms with Crippen LogP contribution in [0.15, 0.2) is 48.0 Å². The second kappa shape index (κ2) is 10.0. The summed E-state index contributed by atoms with van der Waals surface area (Å²) in [5, 5.41) is 0. The summed E-state index contributed by atoms with van der Waals surface area (Å²) in [5.74, 6) is 2.73. The predicted octanol–water partition coefficient (Wildman–Crippen LogP) is 4.93. The molecule has 0 radical (unpaired) electrons. The average Bonchev–Trinajstić information content (AvgIpc) is 3.52. The van der Waals surface area contributed by atoms with E-state index in [4.69, 9.17) is 14.2 Å². The van der Waals surface area contributed by atoms with E-state index in [0.717, 1.165) is 34.7 Å².